The van der Waals surface area contributed by atoms with Crippen molar-refractivity contribution in [1.29, 1.82) is 0 Å². The van der Waals surface area contributed by atoms with E-state index >= 15 is 0 Å². The Labute approximate surface area is 104 Å². The Morgan fingerprint density at radius 3 is 1.35 bits per heavy atom. The molecule has 4 nitrogen and oxygen atoms in total. The molecular weight excluding hydrogens is 220 g/mol. The fourth-order valence-corrected chi connectivity index (χ4v) is 1.27. The van der Waals surface area contributed by atoms with Crippen molar-refractivity contribution >= 4 is 11.9 Å². The van der Waals surface area contributed by atoms with Gasteiger partial charge in [0.15, 0.2) is 0 Å². The molecule has 0 bridgehead atoms. The third kappa shape index (κ3) is 14.7. The second-order valence-corrected chi connectivity index (χ2v) is 3.42. The number of hydrogen-bond acceptors (Lipinski definition) is 4. The maximum Gasteiger partial charge on any atom is 0.305 e. The highest BCUT2D eigenvalue weighted by Gasteiger charge is 2.01. The van der Waals surface area contributed by atoms with Gasteiger partial charge < -0.3 is 9.47 Å². The summed E-state index contributed by atoms with van der Waals surface area (Å²) < 4.78 is 9.05. The van der Waals surface area contributed by atoms with E-state index in [9.17, 15) is 9.59 Å². The van der Waals surface area contributed by atoms with Crippen LogP contribution in [0.1, 0.15) is 44.9 Å². The van der Waals surface area contributed by atoms with Gasteiger partial charge in [-0.05, 0) is 12.8 Å². The van der Waals surface area contributed by atoms with Gasteiger partial charge in [0.05, 0.1) is 14.2 Å². The smallest absolute Gasteiger partial charge is 0.305 e. The number of unbranched alkanes of at least 4 members (excludes halogenated alkanes) is 4. The maximum atomic E-state index is 10.7. The summed E-state index contributed by atoms with van der Waals surface area (Å²) in [4.78, 5) is 21.5. The first-order valence-corrected chi connectivity index (χ1v) is 5.84. The average molecular weight is 244 g/mol. The van der Waals surface area contributed by atoms with Crippen LogP contribution in [0.4, 0.5) is 0 Å². The third-order valence-electron chi connectivity index (χ3n) is 2.22. The lowest BCUT2D eigenvalue weighted by molar-refractivity contribution is -0.141. The molecule has 0 atom stereocenters. The van der Waals surface area contributed by atoms with Gasteiger partial charge in [-0.1, -0.05) is 19.3 Å². The van der Waals surface area contributed by atoms with E-state index in [1.807, 2.05) is 0 Å². The lowest BCUT2D eigenvalue weighted by Gasteiger charge is -2.01. The van der Waals surface area contributed by atoms with E-state index in [0.29, 0.717) is 12.8 Å². The molecule has 0 aliphatic carbocycles. The fourth-order valence-electron chi connectivity index (χ4n) is 1.27. The van der Waals surface area contributed by atoms with E-state index in [2.05, 4.69) is 22.6 Å². The molecule has 0 amide bonds. The van der Waals surface area contributed by atoms with Crippen molar-refractivity contribution in [2.75, 3.05) is 14.2 Å². The van der Waals surface area contributed by atoms with Crippen molar-refractivity contribution in [3.63, 3.8) is 0 Å². The van der Waals surface area contributed by atoms with Gasteiger partial charge in [-0.2, -0.15) is 0 Å². The van der Waals surface area contributed by atoms with Crippen LogP contribution in [0.3, 0.4) is 0 Å². The minimum absolute atomic E-state index is 0.149. The molecule has 4 heteroatoms. The Morgan fingerprint density at radius 1 is 0.765 bits per heavy atom. The number of hydrogen-bond donors (Lipinski definition) is 0. The summed E-state index contributed by atoms with van der Waals surface area (Å²) in [6, 6.07) is 0. The number of esters is 2. The van der Waals surface area contributed by atoms with E-state index < -0.39 is 0 Å². The molecule has 0 saturated heterocycles. The van der Waals surface area contributed by atoms with Crippen LogP contribution < -0.4 is 0 Å². The largest absolute Gasteiger partial charge is 0.469 e. The molecule has 0 aromatic rings. The van der Waals surface area contributed by atoms with E-state index in [4.69, 9.17) is 0 Å². The summed E-state index contributed by atoms with van der Waals surface area (Å²) in [6.07, 6.45) is 5.79. The number of ether oxygens (including phenoxy) is 2. The SMILES string of the molecule is C=C.COC(=O)CCCCCCCC(=O)OC. The van der Waals surface area contributed by atoms with E-state index in [0.717, 1.165) is 32.1 Å². The lowest BCUT2D eigenvalue weighted by Crippen LogP contribution is -2.00. The molecule has 0 aliphatic rings. The van der Waals surface area contributed by atoms with E-state index in [1.54, 1.807) is 0 Å². The quantitative estimate of drug-likeness (QED) is 0.374. The monoisotopic (exact) mass is 244 g/mol. The summed E-state index contributed by atoms with van der Waals surface area (Å²) in [6.45, 7) is 6.00. The van der Waals surface area contributed by atoms with Crippen molar-refractivity contribution < 1.29 is 19.1 Å². The molecule has 0 radical (unpaired) electrons. The van der Waals surface area contributed by atoms with Crippen molar-refractivity contribution in [3.8, 4) is 0 Å². The second kappa shape index (κ2) is 14.7. The van der Waals surface area contributed by atoms with Gasteiger partial charge >= 0.3 is 11.9 Å². The van der Waals surface area contributed by atoms with Crippen LogP contribution in [-0.2, 0) is 19.1 Å². The molecule has 0 saturated carbocycles. The number of carbonyl (C=O) groups is 2. The molecule has 0 unspecified atom stereocenters. The van der Waals surface area contributed by atoms with E-state index in [-0.39, 0.29) is 11.9 Å². The first-order valence-electron chi connectivity index (χ1n) is 5.84. The van der Waals surface area contributed by atoms with Crippen LogP contribution in [0.15, 0.2) is 13.2 Å². The molecule has 0 aliphatic heterocycles. The second-order valence-electron chi connectivity index (χ2n) is 3.42. The first-order chi connectivity index (χ1) is 8.20. The summed E-state index contributed by atoms with van der Waals surface area (Å²) in [5.41, 5.74) is 0. The van der Waals surface area contributed by atoms with Crippen LogP contribution in [0.25, 0.3) is 0 Å². The zero-order chi connectivity index (χ0) is 13.5. The van der Waals surface area contributed by atoms with Crippen LogP contribution >= 0.6 is 0 Å². The molecule has 17 heavy (non-hydrogen) atoms. The van der Waals surface area contributed by atoms with Gasteiger partial charge in [-0.25, -0.2) is 0 Å². The molecular formula is C13H24O4. The predicted octanol–water partition coefficient (Wildman–Crippen LogP) is 2.87. The Hall–Kier alpha value is -1.32. The molecule has 0 spiro atoms. The fraction of sp³-hybridized carbons (Fsp3) is 0.692. The van der Waals surface area contributed by atoms with Crippen LogP contribution in [0.5, 0.6) is 0 Å². The van der Waals surface area contributed by atoms with Crippen molar-refractivity contribution in [2.24, 2.45) is 0 Å². The highest BCUT2D eigenvalue weighted by molar-refractivity contribution is 5.69. The lowest BCUT2D eigenvalue weighted by atomic mass is 10.1. The Bertz CT molecular complexity index is 182. The van der Waals surface area contributed by atoms with Gasteiger partial charge in [0, 0.05) is 12.8 Å². The summed E-state index contributed by atoms with van der Waals surface area (Å²) in [5.74, 6) is -0.297. The van der Waals surface area contributed by atoms with Crippen molar-refractivity contribution in [3.05, 3.63) is 13.2 Å². The normalized spacial score (nSPS) is 8.82. The molecule has 0 aromatic carbocycles. The zero-order valence-corrected chi connectivity index (χ0v) is 11.0. The highest BCUT2D eigenvalue weighted by atomic mass is 16.5. The summed E-state index contributed by atoms with van der Waals surface area (Å²) >= 11 is 0. The zero-order valence-electron chi connectivity index (χ0n) is 11.0. The number of carbonyl (C=O) groups excluding carboxylic acids is 2. The summed E-state index contributed by atoms with van der Waals surface area (Å²) in [7, 11) is 2.80. The molecule has 0 fully saturated rings. The third-order valence-corrected chi connectivity index (χ3v) is 2.22. The predicted molar refractivity (Wildman–Crippen MR) is 67.6 cm³/mol. The Kier molecular flexibility index (Phi) is 15.6. The highest BCUT2D eigenvalue weighted by Crippen LogP contribution is 2.07. The van der Waals surface area contributed by atoms with Gasteiger partial charge in [0.25, 0.3) is 0 Å². The van der Waals surface area contributed by atoms with Gasteiger partial charge in [-0.3, -0.25) is 9.59 Å². The number of rotatable bonds is 8. The standard InChI is InChI=1S/C11H20O4.C2H4/c1-14-10(12)8-6-4-3-5-7-9-11(13)15-2;1-2/h3-9H2,1-2H3;1-2H2. The van der Waals surface area contributed by atoms with Crippen molar-refractivity contribution in [2.45, 2.75) is 44.9 Å². The molecule has 0 heterocycles. The minimum Gasteiger partial charge on any atom is -0.469 e. The molecule has 0 rings (SSSR count). The van der Waals surface area contributed by atoms with Gasteiger partial charge in [0.2, 0.25) is 0 Å². The number of methoxy groups -OCH3 is 2. The molecule has 100 valence electrons. The Morgan fingerprint density at radius 2 is 1.06 bits per heavy atom. The van der Waals surface area contributed by atoms with Gasteiger partial charge in [0.1, 0.15) is 0 Å². The van der Waals surface area contributed by atoms with Gasteiger partial charge in [-0.15, -0.1) is 13.2 Å². The topological polar surface area (TPSA) is 52.6 Å². The summed E-state index contributed by atoms with van der Waals surface area (Å²) in [5, 5.41) is 0. The Balaban J connectivity index is 0. The minimum atomic E-state index is -0.149. The van der Waals surface area contributed by atoms with Crippen molar-refractivity contribution in [1.82, 2.24) is 0 Å². The molecule has 0 N–H and O–H groups in total. The van der Waals surface area contributed by atoms with Crippen LogP contribution in [0.2, 0.25) is 0 Å². The van der Waals surface area contributed by atoms with Crippen LogP contribution in [-0.4, -0.2) is 26.2 Å². The maximum absolute atomic E-state index is 10.7. The van der Waals surface area contributed by atoms with Crippen LogP contribution in [0, 0.1) is 0 Å². The first kappa shape index (κ1) is 18.1. The van der Waals surface area contributed by atoms with E-state index in [1.165, 1.54) is 14.2 Å². The average Bonchev–Trinajstić information content (AvgIpc) is 2.39. The molecule has 0 aromatic heterocycles.